The third kappa shape index (κ3) is 3.58. The van der Waals surface area contributed by atoms with Crippen LogP contribution in [0.4, 0.5) is 16.2 Å². The van der Waals surface area contributed by atoms with Crippen LogP contribution in [0.3, 0.4) is 0 Å². The van der Waals surface area contributed by atoms with Gasteiger partial charge in [-0.2, -0.15) is 5.26 Å². The van der Waals surface area contributed by atoms with Crippen molar-refractivity contribution in [3.8, 4) is 6.07 Å². The number of nitrogens with zero attached hydrogens (tertiary/aromatic N) is 3. The third-order valence-electron chi connectivity index (χ3n) is 4.92. The molecule has 2 amide bonds. The summed E-state index contributed by atoms with van der Waals surface area (Å²) in [6.07, 6.45) is 4.95. The summed E-state index contributed by atoms with van der Waals surface area (Å²) >= 11 is 0. The van der Waals surface area contributed by atoms with Crippen LogP contribution in [0.15, 0.2) is 79.3 Å². The van der Waals surface area contributed by atoms with E-state index in [0.717, 1.165) is 0 Å². The van der Waals surface area contributed by atoms with E-state index in [1.165, 1.54) is 4.57 Å². The second-order valence-electron chi connectivity index (χ2n) is 6.91. The summed E-state index contributed by atoms with van der Waals surface area (Å²) in [5, 5.41) is 16.0. The van der Waals surface area contributed by atoms with Crippen LogP contribution in [0.1, 0.15) is 13.9 Å². The third-order valence-corrected chi connectivity index (χ3v) is 4.92. The van der Waals surface area contributed by atoms with Gasteiger partial charge < -0.3 is 20.2 Å². The standard InChI is InChI=1S/C24H18N6O/c25-13-16-4-1-5-18(12-16)28-24(31)29-21-7-2-8-22-20(21)9-11-30(22)15-17-14-27-23-19(17)6-3-10-26-23/h1-12,14H,15H2,(H,26,27)(H2,28,29,31)/i15D2. The fraction of sp³-hybridized carbons (Fsp3) is 0.0417. The lowest BCUT2D eigenvalue weighted by Gasteiger charge is -2.10. The van der Waals surface area contributed by atoms with Gasteiger partial charge >= 0.3 is 6.03 Å². The number of nitrogens with one attached hydrogen (secondary N) is 3. The molecule has 0 saturated carbocycles. The van der Waals surface area contributed by atoms with Gasteiger partial charge in [-0.05, 0) is 54.1 Å². The smallest absolute Gasteiger partial charge is 0.323 e. The first kappa shape index (κ1) is 16.3. The van der Waals surface area contributed by atoms with Crippen molar-refractivity contribution in [2.75, 3.05) is 10.6 Å². The van der Waals surface area contributed by atoms with Gasteiger partial charge in [0.2, 0.25) is 0 Å². The number of nitriles is 1. The number of anilines is 2. The highest BCUT2D eigenvalue weighted by Crippen LogP contribution is 2.27. The maximum atomic E-state index is 12.6. The highest BCUT2D eigenvalue weighted by Gasteiger charge is 2.11. The summed E-state index contributed by atoms with van der Waals surface area (Å²) in [6.45, 7) is -1.86. The quantitative estimate of drug-likeness (QED) is 0.387. The van der Waals surface area contributed by atoms with Gasteiger partial charge in [0.25, 0.3) is 0 Å². The van der Waals surface area contributed by atoms with E-state index >= 15 is 0 Å². The van der Waals surface area contributed by atoms with E-state index < -0.39 is 12.5 Å². The van der Waals surface area contributed by atoms with E-state index in [1.54, 1.807) is 73.2 Å². The van der Waals surface area contributed by atoms with Crippen molar-refractivity contribution in [3.63, 3.8) is 0 Å². The fourth-order valence-electron chi connectivity index (χ4n) is 3.50. The van der Waals surface area contributed by atoms with E-state index in [4.69, 9.17) is 8.00 Å². The zero-order valence-electron chi connectivity index (χ0n) is 18.3. The predicted octanol–water partition coefficient (Wildman–Crippen LogP) is 5.08. The summed E-state index contributed by atoms with van der Waals surface area (Å²) in [5.74, 6) is 0. The molecule has 0 unspecified atom stereocenters. The number of fused-ring (bicyclic) bond motifs is 2. The molecule has 3 heterocycles. The average Bonchev–Trinajstić information content (AvgIpc) is 3.45. The van der Waals surface area contributed by atoms with Crippen LogP contribution in [-0.4, -0.2) is 20.6 Å². The molecule has 0 aliphatic carbocycles. The molecule has 7 nitrogen and oxygen atoms in total. The number of urea groups is 1. The lowest BCUT2D eigenvalue weighted by atomic mass is 10.2. The molecule has 0 radical (unpaired) electrons. The Morgan fingerprint density at radius 3 is 2.94 bits per heavy atom. The number of carbonyl (C=O) groups excluding carboxylic acids is 1. The van der Waals surface area contributed by atoms with Crippen molar-refractivity contribution in [3.05, 3.63) is 90.4 Å². The van der Waals surface area contributed by atoms with Crippen LogP contribution in [0.2, 0.25) is 0 Å². The van der Waals surface area contributed by atoms with Gasteiger partial charge in [-0.25, -0.2) is 9.78 Å². The SMILES string of the molecule is [2H]C([2H])(c1c[nH]c2ncccc12)n1ccc2c(NC(=O)Nc3cccc(C#N)c3)cccc21. The lowest BCUT2D eigenvalue weighted by molar-refractivity contribution is 0.262. The van der Waals surface area contributed by atoms with Crippen molar-refractivity contribution in [2.45, 2.75) is 6.50 Å². The maximum Gasteiger partial charge on any atom is 0.323 e. The van der Waals surface area contributed by atoms with E-state index in [2.05, 4.69) is 20.6 Å². The Hall–Kier alpha value is -4.57. The number of carbonyl (C=O) groups is 1. The summed E-state index contributed by atoms with van der Waals surface area (Å²) in [4.78, 5) is 19.8. The topological polar surface area (TPSA) is 98.5 Å². The first-order valence-corrected chi connectivity index (χ1v) is 9.59. The van der Waals surface area contributed by atoms with Crippen molar-refractivity contribution in [2.24, 2.45) is 0 Å². The Morgan fingerprint density at radius 2 is 2.03 bits per heavy atom. The minimum atomic E-state index is -1.86. The zero-order valence-corrected chi connectivity index (χ0v) is 16.3. The molecule has 3 N–H and O–H groups in total. The van der Waals surface area contributed by atoms with Crippen molar-refractivity contribution in [1.29, 1.82) is 5.26 Å². The Bertz CT molecular complexity index is 1550. The molecular weight excluding hydrogens is 388 g/mol. The molecule has 0 saturated heterocycles. The van der Waals surface area contributed by atoms with Gasteiger partial charge in [0.05, 0.1) is 25.6 Å². The van der Waals surface area contributed by atoms with Gasteiger partial charge in [-0.15, -0.1) is 0 Å². The van der Waals surface area contributed by atoms with Crippen molar-refractivity contribution < 1.29 is 7.54 Å². The van der Waals surface area contributed by atoms with Gasteiger partial charge in [0, 0.05) is 41.5 Å². The van der Waals surface area contributed by atoms with Crippen LogP contribution in [0.5, 0.6) is 0 Å². The van der Waals surface area contributed by atoms with Crippen LogP contribution < -0.4 is 10.6 Å². The number of aromatic nitrogens is 3. The molecule has 5 aromatic rings. The van der Waals surface area contributed by atoms with E-state index in [-0.39, 0.29) is 0 Å². The Balaban J connectivity index is 1.47. The largest absolute Gasteiger partial charge is 0.346 e. The molecule has 0 aliphatic heterocycles. The Kier molecular flexibility index (Phi) is 4.03. The van der Waals surface area contributed by atoms with Gasteiger partial charge in [-0.3, -0.25) is 0 Å². The Morgan fingerprint density at radius 1 is 1.13 bits per heavy atom. The second-order valence-corrected chi connectivity index (χ2v) is 6.91. The number of pyridine rings is 1. The number of rotatable bonds is 4. The summed E-state index contributed by atoms with van der Waals surface area (Å²) in [6, 6.07) is 18.9. The zero-order chi connectivity index (χ0) is 23.0. The highest BCUT2D eigenvalue weighted by molar-refractivity contribution is 6.05. The van der Waals surface area contributed by atoms with Crippen LogP contribution in [0.25, 0.3) is 21.9 Å². The molecule has 2 aromatic carbocycles. The van der Waals surface area contributed by atoms with Gasteiger partial charge in [-0.1, -0.05) is 12.1 Å². The van der Waals surface area contributed by atoms with Crippen LogP contribution in [0, 0.1) is 11.3 Å². The first-order valence-electron chi connectivity index (χ1n) is 10.6. The molecule has 3 aromatic heterocycles. The first-order chi connectivity index (χ1) is 16.0. The molecule has 0 bridgehead atoms. The van der Waals surface area contributed by atoms with Crippen molar-refractivity contribution in [1.82, 2.24) is 14.5 Å². The monoisotopic (exact) mass is 408 g/mol. The van der Waals surface area contributed by atoms with Crippen LogP contribution in [-0.2, 0) is 6.50 Å². The molecule has 0 atom stereocenters. The molecule has 5 rings (SSSR count). The van der Waals surface area contributed by atoms with Crippen molar-refractivity contribution >= 4 is 39.3 Å². The molecule has 31 heavy (non-hydrogen) atoms. The van der Waals surface area contributed by atoms with Gasteiger partial charge in [0.15, 0.2) is 0 Å². The number of hydrogen-bond donors (Lipinski definition) is 3. The van der Waals surface area contributed by atoms with Gasteiger partial charge in [0.1, 0.15) is 5.65 Å². The Labute approximate surface area is 180 Å². The fourth-order valence-corrected chi connectivity index (χ4v) is 3.50. The molecule has 150 valence electrons. The molecule has 0 spiro atoms. The maximum absolute atomic E-state index is 12.6. The average molecular weight is 408 g/mol. The van der Waals surface area contributed by atoms with E-state index in [1.807, 2.05) is 12.1 Å². The summed E-state index contributed by atoms with van der Waals surface area (Å²) < 4.78 is 19.3. The summed E-state index contributed by atoms with van der Waals surface area (Å²) in [7, 11) is 0. The number of H-pyrrole nitrogens is 1. The lowest BCUT2D eigenvalue weighted by Crippen LogP contribution is -2.19. The van der Waals surface area contributed by atoms with Crippen LogP contribution >= 0.6 is 0 Å². The molecule has 7 heteroatoms. The molecule has 0 aliphatic rings. The number of hydrogen-bond acceptors (Lipinski definition) is 3. The molecular formula is C24H18N6O. The minimum absolute atomic E-state index is 0.446. The summed E-state index contributed by atoms with van der Waals surface area (Å²) in [5.41, 5.74) is 3.20. The normalized spacial score (nSPS) is 12.2. The van der Waals surface area contributed by atoms with E-state index in [0.29, 0.717) is 44.4 Å². The van der Waals surface area contributed by atoms with E-state index in [9.17, 15) is 4.79 Å². The molecule has 0 fully saturated rings. The number of benzene rings is 2. The number of amides is 2. The highest BCUT2D eigenvalue weighted by atomic mass is 16.2. The number of aromatic amines is 1. The second kappa shape index (κ2) is 7.69. The minimum Gasteiger partial charge on any atom is -0.346 e. The predicted molar refractivity (Wildman–Crippen MR) is 121 cm³/mol.